The lowest BCUT2D eigenvalue weighted by molar-refractivity contribution is 0.144. The lowest BCUT2D eigenvalue weighted by Gasteiger charge is -2.04. The maximum Gasteiger partial charge on any atom is 0.269 e. The van der Waals surface area contributed by atoms with Gasteiger partial charge in [0.05, 0.1) is 5.56 Å². The second-order valence-corrected chi connectivity index (χ2v) is 3.06. The van der Waals surface area contributed by atoms with Gasteiger partial charge in [0.2, 0.25) is 0 Å². The fourth-order valence-corrected chi connectivity index (χ4v) is 1.48. The Hall–Kier alpha value is -0.530. The number of nitrogen functional groups attached to an aromatic ring is 1. The highest BCUT2D eigenvalue weighted by atomic mass is 127. The van der Waals surface area contributed by atoms with E-state index in [0.717, 1.165) is 6.07 Å². The first kappa shape index (κ1) is 9.56. The third-order valence-corrected chi connectivity index (χ3v) is 2.02. The smallest absolute Gasteiger partial charge is 0.269 e. The van der Waals surface area contributed by atoms with Crippen LogP contribution in [-0.4, -0.2) is 4.98 Å². The Morgan fingerprint density at radius 2 is 2.08 bits per heavy atom. The van der Waals surface area contributed by atoms with E-state index >= 15 is 0 Å². The minimum atomic E-state index is -2.86. The van der Waals surface area contributed by atoms with Crippen molar-refractivity contribution in [3.8, 4) is 0 Å². The van der Waals surface area contributed by atoms with Crippen molar-refractivity contribution in [1.29, 1.82) is 0 Å². The predicted molar refractivity (Wildman–Crippen MR) is 46.3 cm³/mol. The van der Waals surface area contributed by atoms with Gasteiger partial charge in [-0.2, -0.15) is 0 Å². The first-order chi connectivity index (χ1) is 5.52. The Kier molecular flexibility index (Phi) is 2.76. The number of hydrogen-bond donors (Lipinski definition) is 1. The van der Waals surface area contributed by atoms with Gasteiger partial charge in [0.1, 0.15) is 15.3 Å². The number of anilines is 1. The van der Waals surface area contributed by atoms with E-state index in [-0.39, 0.29) is 9.52 Å². The van der Waals surface area contributed by atoms with E-state index in [1.165, 1.54) is 22.6 Å². The summed E-state index contributed by atoms with van der Waals surface area (Å²) in [5.74, 6) is -1.11. The Balaban J connectivity index is 3.28. The SMILES string of the molecule is Nc1cc(F)c(C(F)F)c(I)n1. The summed E-state index contributed by atoms with van der Waals surface area (Å²) in [6, 6.07) is 0.781. The zero-order valence-electron chi connectivity index (χ0n) is 5.69. The molecule has 0 fully saturated rings. The van der Waals surface area contributed by atoms with Gasteiger partial charge in [-0.25, -0.2) is 18.2 Å². The van der Waals surface area contributed by atoms with Gasteiger partial charge in [0.25, 0.3) is 6.43 Å². The van der Waals surface area contributed by atoms with E-state index in [9.17, 15) is 13.2 Å². The first-order valence-corrected chi connectivity index (χ1v) is 4.00. The molecule has 1 aromatic rings. The molecule has 0 aliphatic rings. The Labute approximate surface area is 80.1 Å². The van der Waals surface area contributed by atoms with Crippen molar-refractivity contribution in [2.45, 2.75) is 6.43 Å². The summed E-state index contributed by atoms with van der Waals surface area (Å²) >= 11 is 1.52. The highest BCUT2D eigenvalue weighted by Crippen LogP contribution is 2.26. The zero-order valence-corrected chi connectivity index (χ0v) is 7.85. The van der Waals surface area contributed by atoms with Crippen molar-refractivity contribution in [2.75, 3.05) is 5.73 Å². The minimum absolute atomic E-state index is 0.0960. The molecule has 1 heterocycles. The molecular formula is C6H4F3IN2. The third kappa shape index (κ3) is 1.79. The second kappa shape index (κ2) is 3.46. The molecule has 0 atom stereocenters. The first-order valence-electron chi connectivity index (χ1n) is 2.92. The summed E-state index contributed by atoms with van der Waals surface area (Å²) in [7, 11) is 0. The Morgan fingerprint density at radius 1 is 1.50 bits per heavy atom. The molecular weight excluding hydrogens is 284 g/mol. The molecule has 12 heavy (non-hydrogen) atoms. The summed E-state index contributed by atoms with van der Waals surface area (Å²) in [6.45, 7) is 0. The second-order valence-electron chi connectivity index (χ2n) is 2.03. The molecule has 2 nitrogen and oxygen atoms in total. The van der Waals surface area contributed by atoms with E-state index in [0.29, 0.717) is 0 Å². The number of pyridine rings is 1. The number of halogens is 4. The van der Waals surface area contributed by atoms with Crippen molar-refractivity contribution >= 4 is 28.4 Å². The monoisotopic (exact) mass is 288 g/mol. The Morgan fingerprint density at radius 3 is 2.50 bits per heavy atom. The van der Waals surface area contributed by atoms with E-state index < -0.39 is 17.8 Å². The van der Waals surface area contributed by atoms with Crippen molar-refractivity contribution < 1.29 is 13.2 Å². The summed E-state index contributed by atoms with van der Waals surface area (Å²) in [4.78, 5) is 3.50. The zero-order chi connectivity index (χ0) is 9.30. The maximum absolute atomic E-state index is 12.8. The molecule has 0 saturated carbocycles. The molecule has 0 aliphatic carbocycles. The fraction of sp³-hybridized carbons (Fsp3) is 0.167. The van der Waals surface area contributed by atoms with E-state index in [1.807, 2.05) is 0 Å². The highest BCUT2D eigenvalue weighted by molar-refractivity contribution is 14.1. The van der Waals surface area contributed by atoms with Crippen LogP contribution in [0.3, 0.4) is 0 Å². The highest BCUT2D eigenvalue weighted by Gasteiger charge is 2.18. The molecule has 1 rings (SSSR count). The van der Waals surface area contributed by atoms with E-state index in [4.69, 9.17) is 5.73 Å². The molecule has 2 N–H and O–H groups in total. The van der Waals surface area contributed by atoms with Crippen LogP contribution in [0.15, 0.2) is 6.07 Å². The van der Waals surface area contributed by atoms with Crippen LogP contribution in [0.5, 0.6) is 0 Å². The average Bonchev–Trinajstić information content (AvgIpc) is 1.82. The van der Waals surface area contributed by atoms with Gasteiger partial charge < -0.3 is 5.73 Å². The average molecular weight is 288 g/mol. The van der Waals surface area contributed by atoms with Crippen LogP contribution in [-0.2, 0) is 0 Å². The standard InChI is InChI=1S/C6H4F3IN2/c7-2-1-3(11)12-6(10)4(2)5(8)9/h1,5H,(H2,11,12). The van der Waals surface area contributed by atoms with Crippen molar-refractivity contribution in [3.05, 3.63) is 21.1 Å². The van der Waals surface area contributed by atoms with Gasteiger partial charge in [0, 0.05) is 6.07 Å². The lowest BCUT2D eigenvalue weighted by Crippen LogP contribution is -2.01. The lowest BCUT2D eigenvalue weighted by atomic mass is 10.3. The van der Waals surface area contributed by atoms with Gasteiger partial charge in [-0.05, 0) is 22.6 Å². The van der Waals surface area contributed by atoms with Gasteiger partial charge in [-0.3, -0.25) is 0 Å². The van der Waals surface area contributed by atoms with Gasteiger partial charge in [-0.15, -0.1) is 0 Å². The molecule has 0 unspecified atom stereocenters. The van der Waals surface area contributed by atoms with Crippen LogP contribution in [0.4, 0.5) is 19.0 Å². The minimum Gasteiger partial charge on any atom is -0.384 e. The molecule has 1 aromatic heterocycles. The normalized spacial score (nSPS) is 10.8. The fourth-order valence-electron chi connectivity index (χ4n) is 0.706. The molecule has 66 valence electrons. The summed E-state index contributed by atoms with van der Waals surface area (Å²) in [5.41, 5.74) is 4.44. The van der Waals surface area contributed by atoms with Crippen LogP contribution in [0, 0.1) is 9.52 Å². The van der Waals surface area contributed by atoms with Crippen LogP contribution in [0.2, 0.25) is 0 Å². The van der Waals surface area contributed by atoms with Crippen LogP contribution in [0.25, 0.3) is 0 Å². The van der Waals surface area contributed by atoms with Crippen molar-refractivity contribution in [1.82, 2.24) is 4.98 Å². The predicted octanol–water partition coefficient (Wildman–Crippen LogP) is 2.35. The largest absolute Gasteiger partial charge is 0.384 e. The number of alkyl halides is 2. The van der Waals surface area contributed by atoms with Crippen LogP contribution in [0.1, 0.15) is 12.0 Å². The summed E-state index contributed by atoms with van der Waals surface area (Å²) < 4.78 is 36.8. The molecule has 0 aromatic carbocycles. The number of hydrogen-bond acceptors (Lipinski definition) is 2. The number of aromatic nitrogens is 1. The molecule has 0 radical (unpaired) electrons. The molecule has 0 amide bonds. The quantitative estimate of drug-likeness (QED) is 0.636. The third-order valence-electron chi connectivity index (χ3n) is 1.20. The van der Waals surface area contributed by atoms with E-state index in [2.05, 4.69) is 4.98 Å². The van der Waals surface area contributed by atoms with Crippen LogP contribution < -0.4 is 5.73 Å². The number of nitrogens with two attached hydrogens (primary N) is 1. The van der Waals surface area contributed by atoms with E-state index in [1.54, 1.807) is 0 Å². The Bertz CT molecular complexity index is 280. The summed E-state index contributed by atoms with van der Waals surface area (Å²) in [6.07, 6.45) is -2.86. The van der Waals surface area contributed by atoms with Gasteiger partial charge in [0.15, 0.2) is 0 Å². The van der Waals surface area contributed by atoms with Crippen molar-refractivity contribution in [2.24, 2.45) is 0 Å². The topological polar surface area (TPSA) is 38.9 Å². The molecule has 0 bridgehead atoms. The van der Waals surface area contributed by atoms with Crippen LogP contribution >= 0.6 is 22.6 Å². The molecule has 0 aliphatic heterocycles. The summed E-state index contributed by atoms with van der Waals surface area (Å²) in [5, 5.41) is 0. The number of rotatable bonds is 1. The number of nitrogens with zero attached hydrogens (tertiary/aromatic N) is 1. The molecule has 0 spiro atoms. The van der Waals surface area contributed by atoms with Crippen molar-refractivity contribution in [3.63, 3.8) is 0 Å². The molecule has 0 saturated heterocycles. The van der Waals surface area contributed by atoms with Gasteiger partial charge in [-0.1, -0.05) is 0 Å². The maximum atomic E-state index is 12.8. The molecule has 6 heteroatoms. The van der Waals surface area contributed by atoms with Gasteiger partial charge >= 0.3 is 0 Å².